The number of anilines is 1. The number of benzene rings is 2. The third-order valence-electron chi connectivity index (χ3n) is 7.29. The van der Waals surface area contributed by atoms with E-state index in [-0.39, 0.29) is 22.8 Å². The smallest absolute Gasteiger partial charge is 0.340 e. The van der Waals surface area contributed by atoms with Crippen LogP contribution in [0.4, 0.5) is 5.69 Å². The highest BCUT2D eigenvalue weighted by atomic mass is 32.2. The number of aryl methyl sites for hydroxylation is 2. The van der Waals surface area contributed by atoms with Gasteiger partial charge in [-0.1, -0.05) is 82.6 Å². The molecule has 4 rings (SSSR count). The van der Waals surface area contributed by atoms with Crippen LogP contribution in [0, 0.1) is 5.41 Å². The Morgan fingerprint density at radius 1 is 1.07 bits per heavy atom. The summed E-state index contributed by atoms with van der Waals surface area (Å²) in [4.78, 5) is 18.0. The molecule has 40 heavy (non-hydrogen) atoms. The Kier molecular flexibility index (Phi) is 8.44. The molecule has 1 aliphatic heterocycles. The van der Waals surface area contributed by atoms with Crippen LogP contribution in [0.3, 0.4) is 0 Å². The average molecular weight is 566 g/mol. The number of aliphatic hydroxyl groups is 1. The summed E-state index contributed by atoms with van der Waals surface area (Å²) in [5.41, 5.74) is -0.255. The molecule has 0 radical (unpaired) electrons. The lowest BCUT2D eigenvalue weighted by Gasteiger charge is -2.44. The van der Waals surface area contributed by atoms with Crippen LogP contribution in [0.1, 0.15) is 58.9 Å². The van der Waals surface area contributed by atoms with Gasteiger partial charge in [0, 0.05) is 19.7 Å². The molecule has 1 aliphatic rings. The number of carbonyl (C=O) groups is 1. The average Bonchev–Trinajstić information content (AvgIpc) is 3.34. The number of hydrogen-bond acceptors (Lipinski definition) is 6. The van der Waals surface area contributed by atoms with E-state index in [2.05, 4.69) is 4.98 Å². The van der Waals surface area contributed by atoms with Crippen LogP contribution in [-0.4, -0.2) is 40.7 Å². The van der Waals surface area contributed by atoms with Gasteiger partial charge in [-0.05, 0) is 42.4 Å². The molecule has 214 valence electrons. The summed E-state index contributed by atoms with van der Waals surface area (Å²) in [6, 6.07) is 17.5. The Hall–Kier alpha value is -3.59. The molecule has 0 saturated heterocycles. The van der Waals surface area contributed by atoms with Gasteiger partial charge in [-0.2, -0.15) is 8.42 Å². The van der Waals surface area contributed by atoms with Crippen LogP contribution in [-0.2, 0) is 33.0 Å². The molecule has 1 N–H and O–H groups in total. The van der Waals surface area contributed by atoms with Gasteiger partial charge in [-0.25, -0.2) is 9.78 Å². The quantitative estimate of drug-likeness (QED) is 0.304. The molecule has 0 aliphatic carbocycles. The molecule has 9 heteroatoms. The largest absolute Gasteiger partial charge is 0.512 e. The van der Waals surface area contributed by atoms with Gasteiger partial charge in [0.2, 0.25) is 0 Å². The minimum Gasteiger partial charge on any atom is -0.512 e. The molecule has 8 nitrogen and oxygen atoms in total. The first-order valence-electron chi connectivity index (χ1n) is 13.6. The summed E-state index contributed by atoms with van der Waals surface area (Å²) in [6.45, 7) is 7.55. The van der Waals surface area contributed by atoms with E-state index in [1.165, 1.54) is 16.8 Å². The number of ether oxygens (including phenoxy) is 1. The lowest BCUT2D eigenvalue weighted by Crippen LogP contribution is -2.53. The Labute approximate surface area is 237 Å². The number of cyclic esters (lactones) is 1. The highest BCUT2D eigenvalue weighted by Gasteiger charge is 2.50. The fourth-order valence-corrected chi connectivity index (χ4v) is 7.26. The topological polar surface area (TPSA) is 102 Å². The molecule has 2 heterocycles. The third-order valence-corrected chi connectivity index (χ3v) is 8.97. The van der Waals surface area contributed by atoms with E-state index < -0.39 is 33.1 Å². The summed E-state index contributed by atoms with van der Waals surface area (Å²) in [7, 11) is -2.56. The number of esters is 1. The van der Waals surface area contributed by atoms with Gasteiger partial charge in [0.15, 0.2) is 5.03 Å². The lowest BCUT2D eigenvalue weighted by atomic mass is 9.77. The molecule has 2 atom stereocenters. The first kappa shape index (κ1) is 29.4. The number of nitrogens with zero attached hydrogens (tertiary/aromatic N) is 3. The first-order chi connectivity index (χ1) is 18.9. The van der Waals surface area contributed by atoms with Crippen LogP contribution in [0.2, 0.25) is 0 Å². The Bertz CT molecular complexity index is 1460. The number of sulfonamides is 1. The Balaban J connectivity index is 1.82. The number of hydrogen-bond donors (Lipinski definition) is 1. The Morgan fingerprint density at radius 3 is 2.23 bits per heavy atom. The molecule has 1 unspecified atom stereocenters. The van der Waals surface area contributed by atoms with Crippen molar-refractivity contribution in [3.05, 3.63) is 90.1 Å². The van der Waals surface area contributed by atoms with Crippen molar-refractivity contribution in [2.75, 3.05) is 4.31 Å². The SMILES string of the molecule is CCC[C@]1(CCc2ccccc2)CC(O)=C(C(N(c2ccccc2)S(=O)(=O)c2cn(C)cn2)C(C)(C)C)C(=O)O1. The summed E-state index contributed by atoms with van der Waals surface area (Å²) >= 11 is 0. The maximum atomic E-state index is 14.2. The summed E-state index contributed by atoms with van der Waals surface area (Å²) < 4.78 is 37.3. The van der Waals surface area contributed by atoms with Crippen LogP contribution < -0.4 is 4.31 Å². The molecule has 0 bridgehead atoms. The van der Waals surface area contributed by atoms with Crippen molar-refractivity contribution in [1.82, 2.24) is 9.55 Å². The summed E-state index contributed by atoms with van der Waals surface area (Å²) in [5.74, 6) is -0.822. The highest BCUT2D eigenvalue weighted by Crippen LogP contribution is 2.44. The number of aromatic nitrogens is 2. The van der Waals surface area contributed by atoms with E-state index in [9.17, 15) is 18.3 Å². The van der Waals surface area contributed by atoms with Crippen molar-refractivity contribution in [2.45, 2.75) is 76.5 Å². The monoisotopic (exact) mass is 565 g/mol. The predicted octanol–water partition coefficient (Wildman–Crippen LogP) is 5.96. The van der Waals surface area contributed by atoms with Crippen LogP contribution in [0.25, 0.3) is 0 Å². The molecule has 0 saturated carbocycles. The molecule has 0 fully saturated rings. The number of para-hydroxylation sites is 1. The van der Waals surface area contributed by atoms with Gasteiger partial charge in [-0.15, -0.1) is 0 Å². The Morgan fingerprint density at radius 2 is 1.70 bits per heavy atom. The van der Waals surface area contributed by atoms with Gasteiger partial charge in [0.1, 0.15) is 11.4 Å². The van der Waals surface area contributed by atoms with Crippen molar-refractivity contribution in [1.29, 1.82) is 0 Å². The van der Waals surface area contributed by atoms with Crippen LogP contribution >= 0.6 is 0 Å². The zero-order chi connectivity index (χ0) is 29.1. The van der Waals surface area contributed by atoms with E-state index in [4.69, 9.17) is 4.74 Å². The molecule has 0 spiro atoms. The maximum absolute atomic E-state index is 14.2. The minimum absolute atomic E-state index is 0.0395. The molecule has 1 aromatic heterocycles. The molecular weight excluding hydrogens is 526 g/mol. The van der Waals surface area contributed by atoms with Crippen molar-refractivity contribution in [3.8, 4) is 0 Å². The van der Waals surface area contributed by atoms with Crippen molar-refractivity contribution in [3.63, 3.8) is 0 Å². The standard InChI is InChI=1S/C31H39N3O5S/c1-6-18-31(19-17-23-13-9-7-10-14-23)20-25(35)27(29(36)39-31)28(30(2,3)4)34(24-15-11-8-12-16-24)40(37,38)26-21-33(5)22-32-26/h7-16,21-22,28,35H,6,17-20H2,1-5H3/t28?,31-/m0/s1. The predicted molar refractivity (Wildman–Crippen MR) is 155 cm³/mol. The number of imidazole rings is 1. The lowest BCUT2D eigenvalue weighted by molar-refractivity contribution is -0.161. The number of rotatable bonds is 10. The van der Waals surface area contributed by atoms with Crippen LogP contribution in [0.15, 0.2) is 89.5 Å². The number of carbonyl (C=O) groups excluding carboxylic acids is 1. The van der Waals surface area contributed by atoms with Gasteiger partial charge < -0.3 is 14.4 Å². The molecule has 0 amide bonds. The highest BCUT2D eigenvalue weighted by molar-refractivity contribution is 7.92. The number of aliphatic hydroxyl groups excluding tert-OH is 1. The van der Waals surface area contributed by atoms with E-state index >= 15 is 0 Å². The summed E-state index contributed by atoms with van der Waals surface area (Å²) in [6.07, 6.45) is 5.53. The zero-order valence-corrected chi connectivity index (χ0v) is 24.7. The molecule has 2 aromatic carbocycles. The summed E-state index contributed by atoms with van der Waals surface area (Å²) in [5, 5.41) is 11.5. The zero-order valence-electron chi connectivity index (χ0n) is 23.9. The molecule has 3 aromatic rings. The second-order valence-corrected chi connectivity index (χ2v) is 13.4. The van der Waals surface area contributed by atoms with Crippen molar-refractivity contribution < 1.29 is 23.1 Å². The van der Waals surface area contributed by atoms with E-state index in [1.807, 2.05) is 58.0 Å². The second kappa shape index (κ2) is 11.5. The normalized spacial score (nSPS) is 18.9. The van der Waals surface area contributed by atoms with Gasteiger partial charge >= 0.3 is 5.97 Å². The van der Waals surface area contributed by atoms with E-state index in [0.717, 1.165) is 12.0 Å². The first-order valence-corrected chi connectivity index (χ1v) is 15.1. The van der Waals surface area contributed by atoms with Crippen LogP contribution in [0.5, 0.6) is 0 Å². The third kappa shape index (κ3) is 6.09. The van der Waals surface area contributed by atoms with Crippen molar-refractivity contribution in [2.24, 2.45) is 12.5 Å². The fraction of sp³-hybridized carbons (Fsp3) is 0.419. The molecular formula is C31H39N3O5S. The fourth-order valence-electron chi connectivity index (χ4n) is 5.48. The van der Waals surface area contributed by atoms with Gasteiger partial charge in [-0.3, -0.25) is 4.31 Å². The van der Waals surface area contributed by atoms with Gasteiger partial charge in [0.25, 0.3) is 10.0 Å². The van der Waals surface area contributed by atoms with Gasteiger partial charge in [0.05, 0.1) is 23.6 Å². The maximum Gasteiger partial charge on any atom is 0.340 e. The minimum atomic E-state index is -4.25. The van der Waals surface area contributed by atoms with E-state index in [0.29, 0.717) is 24.9 Å². The van der Waals surface area contributed by atoms with Crippen molar-refractivity contribution >= 4 is 21.7 Å². The second-order valence-electron chi connectivity index (χ2n) is 11.6. The van der Waals surface area contributed by atoms with E-state index in [1.54, 1.807) is 41.9 Å².